The van der Waals surface area contributed by atoms with Gasteiger partial charge >= 0.3 is 0 Å². The highest BCUT2D eigenvalue weighted by Crippen LogP contribution is 2.30. The van der Waals surface area contributed by atoms with Crippen molar-refractivity contribution in [3.63, 3.8) is 0 Å². The van der Waals surface area contributed by atoms with E-state index < -0.39 is 55.7 Å². The molecule has 0 aliphatic carbocycles. The van der Waals surface area contributed by atoms with Gasteiger partial charge in [0, 0.05) is 36.2 Å². The number of nitro benzene ring substituents is 1. The fourth-order valence-electron chi connectivity index (χ4n) is 5.16. The van der Waals surface area contributed by atoms with Gasteiger partial charge in [-0.25, -0.2) is 12.8 Å². The van der Waals surface area contributed by atoms with Crippen LogP contribution < -0.4 is 14.4 Å². The molecule has 13 heteroatoms. The number of nitrogens with zero attached hydrogens (tertiary/aromatic N) is 3. The third-order valence-electron chi connectivity index (χ3n) is 8.18. The maximum Gasteiger partial charge on any atom is 0.273 e. The van der Waals surface area contributed by atoms with E-state index >= 15 is 4.39 Å². The van der Waals surface area contributed by atoms with Crippen LogP contribution in [0.3, 0.4) is 0 Å². The van der Waals surface area contributed by atoms with Crippen molar-refractivity contribution in [3.8, 4) is 5.75 Å². The van der Waals surface area contributed by atoms with E-state index in [1.165, 1.54) is 73.5 Å². The number of hydrogen-bond donors (Lipinski definition) is 1. The Hall–Kier alpha value is -5.30. The molecule has 4 rings (SSSR count). The summed E-state index contributed by atoms with van der Waals surface area (Å²) in [6, 6.07) is 22.8. The fourth-order valence-corrected chi connectivity index (χ4v) is 6.59. The summed E-state index contributed by atoms with van der Waals surface area (Å²) in [6.07, 6.45) is 0.667. The summed E-state index contributed by atoms with van der Waals surface area (Å²) in [4.78, 5) is 40.3. The van der Waals surface area contributed by atoms with Gasteiger partial charge in [0.05, 0.1) is 22.6 Å². The normalized spacial score (nSPS) is 12.4. The number of benzene rings is 4. The first-order valence-corrected chi connectivity index (χ1v) is 17.1. The van der Waals surface area contributed by atoms with Gasteiger partial charge < -0.3 is 15.0 Å². The van der Waals surface area contributed by atoms with Crippen molar-refractivity contribution in [2.75, 3.05) is 18.0 Å². The molecule has 0 aromatic heterocycles. The first-order chi connectivity index (χ1) is 23.3. The van der Waals surface area contributed by atoms with E-state index in [0.29, 0.717) is 12.2 Å². The van der Waals surface area contributed by atoms with Crippen LogP contribution in [0.15, 0.2) is 102 Å². The van der Waals surface area contributed by atoms with E-state index in [1.54, 1.807) is 30.3 Å². The number of aryl methyl sites for hydroxylation is 1. The van der Waals surface area contributed by atoms with Crippen LogP contribution in [0.25, 0.3) is 0 Å². The van der Waals surface area contributed by atoms with E-state index in [0.717, 1.165) is 15.9 Å². The van der Waals surface area contributed by atoms with Gasteiger partial charge in [-0.2, -0.15) is 0 Å². The number of halogens is 1. The Balaban J connectivity index is 1.85. The Morgan fingerprint density at radius 2 is 1.63 bits per heavy atom. The van der Waals surface area contributed by atoms with E-state index in [4.69, 9.17) is 4.74 Å². The summed E-state index contributed by atoms with van der Waals surface area (Å²) in [5, 5.41) is 14.6. The van der Waals surface area contributed by atoms with Crippen LogP contribution in [0.5, 0.6) is 5.75 Å². The molecule has 49 heavy (non-hydrogen) atoms. The summed E-state index contributed by atoms with van der Waals surface area (Å²) in [5.41, 5.74) is 0.756. The van der Waals surface area contributed by atoms with Crippen molar-refractivity contribution in [1.82, 2.24) is 10.2 Å². The summed E-state index contributed by atoms with van der Waals surface area (Å²) < 4.78 is 49.7. The summed E-state index contributed by atoms with van der Waals surface area (Å²) >= 11 is 0. The van der Waals surface area contributed by atoms with Crippen LogP contribution in [0, 0.1) is 22.9 Å². The molecule has 0 aliphatic rings. The predicted molar refractivity (Wildman–Crippen MR) is 184 cm³/mol. The maximum absolute atomic E-state index is 15.1. The van der Waals surface area contributed by atoms with E-state index in [2.05, 4.69) is 5.32 Å². The van der Waals surface area contributed by atoms with Crippen molar-refractivity contribution in [1.29, 1.82) is 0 Å². The average Bonchev–Trinajstić information content (AvgIpc) is 3.09. The number of methoxy groups -OCH3 is 1. The minimum atomic E-state index is -4.62. The molecule has 0 saturated heterocycles. The lowest BCUT2D eigenvalue weighted by atomic mass is 10.0. The van der Waals surface area contributed by atoms with Gasteiger partial charge in [0.15, 0.2) is 0 Å². The van der Waals surface area contributed by atoms with Crippen LogP contribution >= 0.6 is 0 Å². The second kappa shape index (κ2) is 16.2. The molecular formula is C36H39FN4O7S. The molecule has 0 spiro atoms. The SMILES string of the molecule is CC[C@H](C)NC(=O)[C@@H](Cc1ccccc1)N(Cc1ccccc1F)C(=O)CN(c1ccc(OC)cc1)S(=O)(=O)c1ccc(C)c([N+](=O)[O-])c1. The minimum absolute atomic E-state index is 0.0583. The Labute approximate surface area is 285 Å². The molecule has 0 aliphatic heterocycles. The number of sulfonamides is 1. The fraction of sp³-hybridized carbons (Fsp3) is 0.278. The minimum Gasteiger partial charge on any atom is -0.497 e. The molecular weight excluding hydrogens is 651 g/mol. The average molecular weight is 691 g/mol. The van der Waals surface area contributed by atoms with Gasteiger partial charge in [-0.1, -0.05) is 61.5 Å². The third-order valence-corrected chi connectivity index (χ3v) is 9.95. The monoisotopic (exact) mass is 690 g/mol. The summed E-state index contributed by atoms with van der Waals surface area (Å²) in [7, 11) is -3.18. The number of nitrogens with one attached hydrogen (secondary N) is 1. The molecule has 0 radical (unpaired) electrons. The summed E-state index contributed by atoms with van der Waals surface area (Å²) in [6.45, 7) is 4.04. The quantitative estimate of drug-likeness (QED) is 0.123. The van der Waals surface area contributed by atoms with Crippen LogP contribution in [0.2, 0.25) is 0 Å². The second-order valence-electron chi connectivity index (χ2n) is 11.6. The molecule has 0 unspecified atom stereocenters. The number of carbonyl (C=O) groups is 2. The van der Waals surface area contributed by atoms with Crippen LogP contribution in [-0.4, -0.2) is 55.8 Å². The molecule has 0 saturated carbocycles. The maximum atomic E-state index is 15.1. The highest BCUT2D eigenvalue weighted by Gasteiger charge is 2.36. The standard InChI is InChI=1S/C36H39FN4O7S/c1-5-26(3)38-36(43)34(21-27-11-7-6-8-12-27)39(23-28-13-9-10-14-32(28)37)35(42)24-40(29-16-18-30(48-4)19-17-29)49(46,47)31-20-15-25(2)33(22-31)41(44)45/h6-20,22,26,34H,5,21,23-24H2,1-4H3,(H,38,43)/t26-,34+/m0/s1. The molecule has 2 amide bonds. The number of carbonyl (C=O) groups excluding carboxylic acids is 2. The zero-order chi connectivity index (χ0) is 35.7. The van der Waals surface area contributed by atoms with Gasteiger partial charge in [-0.15, -0.1) is 0 Å². The van der Waals surface area contributed by atoms with E-state index in [1.807, 2.05) is 19.9 Å². The van der Waals surface area contributed by atoms with E-state index in [9.17, 15) is 28.1 Å². The van der Waals surface area contributed by atoms with Gasteiger partial charge in [0.1, 0.15) is 24.2 Å². The van der Waals surface area contributed by atoms with Gasteiger partial charge in [0.25, 0.3) is 15.7 Å². The Bertz CT molecular complexity index is 1890. The number of ether oxygens (including phenoxy) is 1. The smallest absolute Gasteiger partial charge is 0.273 e. The number of nitro groups is 1. The van der Waals surface area contributed by atoms with Crippen LogP contribution in [-0.2, 0) is 32.6 Å². The Morgan fingerprint density at radius 3 is 2.24 bits per heavy atom. The summed E-state index contributed by atoms with van der Waals surface area (Å²) in [5.74, 6) is -1.47. The predicted octanol–water partition coefficient (Wildman–Crippen LogP) is 5.80. The number of hydrogen-bond acceptors (Lipinski definition) is 7. The zero-order valence-corrected chi connectivity index (χ0v) is 28.5. The lowest BCUT2D eigenvalue weighted by Crippen LogP contribution is -2.54. The van der Waals surface area contributed by atoms with Crippen molar-refractivity contribution in [2.24, 2.45) is 0 Å². The molecule has 258 valence electrons. The lowest BCUT2D eigenvalue weighted by Gasteiger charge is -2.34. The highest BCUT2D eigenvalue weighted by molar-refractivity contribution is 7.92. The first kappa shape index (κ1) is 36.5. The van der Waals surface area contributed by atoms with E-state index in [-0.39, 0.29) is 35.8 Å². The van der Waals surface area contributed by atoms with Gasteiger partial charge in [0.2, 0.25) is 11.8 Å². The molecule has 0 fully saturated rings. The van der Waals surface area contributed by atoms with Crippen molar-refractivity contribution < 1.29 is 32.1 Å². The van der Waals surface area contributed by atoms with Crippen LogP contribution in [0.4, 0.5) is 15.8 Å². The Morgan fingerprint density at radius 1 is 0.980 bits per heavy atom. The molecule has 1 N–H and O–H groups in total. The number of amides is 2. The van der Waals surface area contributed by atoms with Crippen LogP contribution in [0.1, 0.15) is 37.0 Å². The van der Waals surface area contributed by atoms with Crippen molar-refractivity contribution in [3.05, 3.63) is 130 Å². The molecule has 4 aromatic carbocycles. The Kier molecular flexibility index (Phi) is 12.1. The van der Waals surface area contributed by atoms with Gasteiger partial charge in [-0.3, -0.25) is 24.0 Å². The van der Waals surface area contributed by atoms with Crippen molar-refractivity contribution >= 4 is 33.2 Å². The molecule has 0 bridgehead atoms. The van der Waals surface area contributed by atoms with Gasteiger partial charge in [-0.05, 0) is 62.2 Å². The lowest BCUT2D eigenvalue weighted by molar-refractivity contribution is -0.385. The second-order valence-corrected chi connectivity index (χ2v) is 13.4. The molecule has 2 atom stereocenters. The molecule has 4 aromatic rings. The number of anilines is 1. The highest BCUT2D eigenvalue weighted by atomic mass is 32.2. The molecule has 0 heterocycles. The third kappa shape index (κ3) is 8.99. The van der Waals surface area contributed by atoms with Crippen molar-refractivity contribution in [2.45, 2.75) is 57.1 Å². The topological polar surface area (TPSA) is 139 Å². The number of rotatable bonds is 15. The molecule has 11 nitrogen and oxygen atoms in total. The zero-order valence-electron chi connectivity index (χ0n) is 27.7. The largest absolute Gasteiger partial charge is 0.497 e. The first-order valence-electron chi connectivity index (χ1n) is 15.6.